The molecule has 2 heterocycles. The molecule has 6 nitrogen and oxygen atoms in total. The Hall–Kier alpha value is -1.25. The molecule has 0 aliphatic carbocycles. The Morgan fingerprint density at radius 3 is 2.62 bits per heavy atom. The van der Waals surface area contributed by atoms with Gasteiger partial charge in [-0.2, -0.15) is 0 Å². The highest BCUT2D eigenvalue weighted by Gasteiger charge is 2.18. The average molecular weight is 372 g/mol. The first-order chi connectivity index (χ1) is 11.2. The zero-order valence-electron chi connectivity index (χ0n) is 14.6. The van der Waals surface area contributed by atoms with Crippen LogP contribution < -0.4 is 10.6 Å². The topological polar surface area (TPSA) is 70.7 Å². The number of anilines is 1. The Bertz CT molecular complexity index is 590. The van der Waals surface area contributed by atoms with Gasteiger partial charge in [0.2, 0.25) is 5.91 Å². The largest absolute Gasteiger partial charge is 0.444 e. The molecular formula is C16H25N3O3S2. The molecule has 1 aromatic heterocycles. The van der Waals surface area contributed by atoms with Gasteiger partial charge in [0.15, 0.2) is 0 Å². The molecule has 0 atom stereocenters. The monoisotopic (exact) mass is 371 g/mol. The maximum absolute atomic E-state index is 12.0. The van der Waals surface area contributed by atoms with Crippen LogP contribution in [0.15, 0.2) is 10.3 Å². The lowest BCUT2D eigenvalue weighted by Gasteiger charge is -2.19. The molecule has 1 saturated heterocycles. The lowest BCUT2D eigenvalue weighted by Crippen LogP contribution is -2.37. The summed E-state index contributed by atoms with van der Waals surface area (Å²) in [6.45, 7) is 9.43. The van der Waals surface area contributed by atoms with Crippen LogP contribution >= 0.6 is 23.3 Å². The lowest BCUT2D eigenvalue weighted by molar-refractivity contribution is -0.115. The van der Waals surface area contributed by atoms with Crippen molar-refractivity contribution in [2.24, 2.45) is 0 Å². The van der Waals surface area contributed by atoms with Gasteiger partial charge in [-0.15, -0.1) is 11.3 Å². The molecule has 1 fully saturated rings. The molecule has 0 aromatic carbocycles. The van der Waals surface area contributed by atoms with Crippen molar-refractivity contribution < 1.29 is 14.3 Å². The van der Waals surface area contributed by atoms with Crippen molar-refractivity contribution in [3.63, 3.8) is 0 Å². The Morgan fingerprint density at radius 2 is 2.00 bits per heavy atom. The number of carbonyl (C=O) groups is 2. The van der Waals surface area contributed by atoms with Gasteiger partial charge >= 0.3 is 6.09 Å². The summed E-state index contributed by atoms with van der Waals surface area (Å²) >= 11 is 3.42. The second-order valence-electron chi connectivity index (χ2n) is 6.67. The van der Waals surface area contributed by atoms with E-state index < -0.39 is 11.7 Å². The van der Waals surface area contributed by atoms with Gasteiger partial charge < -0.3 is 15.4 Å². The van der Waals surface area contributed by atoms with E-state index in [-0.39, 0.29) is 12.5 Å². The van der Waals surface area contributed by atoms with Crippen molar-refractivity contribution in [2.75, 3.05) is 25.0 Å². The molecule has 2 rings (SSSR count). The Balaban J connectivity index is 1.81. The summed E-state index contributed by atoms with van der Waals surface area (Å²) in [6, 6.07) is 1.99. The number of hydrogen-bond donors (Lipinski definition) is 2. The van der Waals surface area contributed by atoms with E-state index in [1.165, 1.54) is 17.1 Å². The van der Waals surface area contributed by atoms with Crippen LogP contribution in [0.2, 0.25) is 0 Å². The molecule has 0 bridgehead atoms. The van der Waals surface area contributed by atoms with Gasteiger partial charge in [-0.3, -0.25) is 4.79 Å². The Morgan fingerprint density at radius 1 is 1.33 bits per heavy atom. The minimum Gasteiger partial charge on any atom is -0.444 e. The van der Waals surface area contributed by atoms with Gasteiger partial charge in [-0.25, -0.2) is 9.10 Å². The fourth-order valence-electron chi connectivity index (χ4n) is 2.19. The molecule has 134 valence electrons. The number of amides is 2. The third-order valence-electron chi connectivity index (χ3n) is 3.25. The van der Waals surface area contributed by atoms with Crippen LogP contribution in [0.5, 0.6) is 0 Å². The van der Waals surface area contributed by atoms with Crippen LogP contribution in [0.4, 0.5) is 10.5 Å². The highest BCUT2D eigenvalue weighted by atomic mass is 32.2. The quantitative estimate of drug-likeness (QED) is 0.774. The van der Waals surface area contributed by atoms with Crippen LogP contribution in [-0.4, -0.2) is 41.5 Å². The van der Waals surface area contributed by atoms with Crippen molar-refractivity contribution >= 4 is 41.0 Å². The standard InChI is InChI=1S/C16H25N3O3S2/c1-11-12(9-14(23-11)24-19-7-5-6-8-19)18-13(20)10-17-15(21)22-16(2,3)4/h9H,5-8,10H2,1-4H3,(H,17,21)(H,18,20). The molecule has 0 radical (unpaired) electrons. The van der Waals surface area contributed by atoms with Crippen LogP contribution in [0.3, 0.4) is 0 Å². The van der Waals surface area contributed by atoms with E-state index in [9.17, 15) is 9.59 Å². The van der Waals surface area contributed by atoms with Crippen LogP contribution in [0, 0.1) is 6.92 Å². The minimum absolute atomic E-state index is 0.112. The summed E-state index contributed by atoms with van der Waals surface area (Å²) in [5, 5.41) is 5.30. The molecule has 1 aromatic rings. The summed E-state index contributed by atoms with van der Waals surface area (Å²) in [7, 11) is 0. The Labute approximate surface area is 151 Å². The normalized spacial score (nSPS) is 15.3. The zero-order chi connectivity index (χ0) is 17.7. The van der Waals surface area contributed by atoms with Gasteiger partial charge in [0.1, 0.15) is 12.1 Å². The number of nitrogens with one attached hydrogen (secondary N) is 2. The van der Waals surface area contributed by atoms with E-state index in [0.717, 1.165) is 23.7 Å². The van der Waals surface area contributed by atoms with Crippen LogP contribution in [0.25, 0.3) is 0 Å². The second kappa shape index (κ2) is 8.22. The number of thiophene rings is 1. The summed E-state index contributed by atoms with van der Waals surface area (Å²) < 4.78 is 8.62. The number of alkyl carbamates (subject to hydrolysis) is 1. The molecule has 8 heteroatoms. The third-order valence-corrected chi connectivity index (χ3v) is 5.49. The fraction of sp³-hybridized carbons (Fsp3) is 0.625. The molecule has 2 N–H and O–H groups in total. The average Bonchev–Trinajstić information content (AvgIpc) is 3.06. The molecule has 0 unspecified atom stereocenters. The summed E-state index contributed by atoms with van der Waals surface area (Å²) in [4.78, 5) is 24.6. The predicted octanol–water partition coefficient (Wildman–Crippen LogP) is 3.62. The van der Waals surface area contributed by atoms with Crippen molar-refractivity contribution in [1.29, 1.82) is 0 Å². The van der Waals surface area contributed by atoms with Crippen molar-refractivity contribution in [3.05, 3.63) is 10.9 Å². The number of rotatable bonds is 5. The molecule has 1 aliphatic heterocycles. The van der Waals surface area contributed by atoms with Crippen molar-refractivity contribution in [1.82, 2.24) is 9.62 Å². The second-order valence-corrected chi connectivity index (χ2v) is 9.32. The smallest absolute Gasteiger partial charge is 0.408 e. The van der Waals surface area contributed by atoms with Gasteiger partial charge in [0.05, 0.1) is 9.90 Å². The van der Waals surface area contributed by atoms with Crippen LogP contribution in [0.1, 0.15) is 38.5 Å². The summed E-state index contributed by atoms with van der Waals surface area (Å²) in [6.07, 6.45) is 1.90. The molecule has 1 aliphatic rings. The van der Waals surface area contributed by atoms with Crippen molar-refractivity contribution in [3.8, 4) is 0 Å². The van der Waals surface area contributed by atoms with Gasteiger partial charge in [-0.1, -0.05) is 0 Å². The Kier molecular flexibility index (Phi) is 6.54. The van der Waals surface area contributed by atoms with E-state index in [2.05, 4.69) is 14.9 Å². The number of nitrogens with zero attached hydrogens (tertiary/aromatic N) is 1. The van der Waals surface area contributed by atoms with Gasteiger partial charge in [0.25, 0.3) is 0 Å². The molecule has 24 heavy (non-hydrogen) atoms. The third kappa shape index (κ3) is 6.33. The number of aryl methyl sites for hydroxylation is 1. The first-order valence-electron chi connectivity index (χ1n) is 8.03. The molecule has 0 saturated carbocycles. The summed E-state index contributed by atoms with van der Waals surface area (Å²) in [5.74, 6) is -0.264. The van der Waals surface area contributed by atoms with E-state index in [0.29, 0.717) is 0 Å². The summed E-state index contributed by atoms with van der Waals surface area (Å²) in [5.41, 5.74) is 0.226. The fourth-order valence-corrected chi connectivity index (χ4v) is 4.60. The SMILES string of the molecule is Cc1sc(SN2CCCC2)cc1NC(=O)CNC(=O)OC(C)(C)C. The maximum atomic E-state index is 12.0. The number of ether oxygens (including phenoxy) is 1. The molecular weight excluding hydrogens is 346 g/mol. The highest BCUT2D eigenvalue weighted by molar-refractivity contribution is 7.99. The first-order valence-corrected chi connectivity index (χ1v) is 9.62. The van der Waals surface area contributed by atoms with E-state index in [1.807, 2.05) is 13.0 Å². The highest BCUT2D eigenvalue weighted by Crippen LogP contribution is 2.36. The van der Waals surface area contributed by atoms with E-state index >= 15 is 0 Å². The zero-order valence-corrected chi connectivity index (χ0v) is 16.2. The van der Waals surface area contributed by atoms with Gasteiger partial charge in [-0.05, 0) is 58.6 Å². The lowest BCUT2D eigenvalue weighted by atomic mass is 10.2. The van der Waals surface area contributed by atoms with E-state index in [4.69, 9.17) is 4.74 Å². The maximum Gasteiger partial charge on any atom is 0.408 e. The van der Waals surface area contributed by atoms with Crippen LogP contribution in [-0.2, 0) is 9.53 Å². The number of hydrogen-bond acceptors (Lipinski definition) is 6. The van der Waals surface area contributed by atoms with Crippen molar-refractivity contribution in [2.45, 2.75) is 50.3 Å². The molecule has 2 amide bonds. The minimum atomic E-state index is -0.593. The first kappa shape index (κ1) is 19.1. The van der Waals surface area contributed by atoms with E-state index in [1.54, 1.807) is 44.1 Å². The van der Waals surface area contributed by atoms with Gasteiger partial charge in [0, 0.05) is 18.0 Å². The number of carbonyl (C=O) groups excluding carboxylic acids is 2. The predicted molar refractivity (Wildman–Crippen MR) is 98.6 cm³/mol. The molecule has 0 spiro atoms.